The van der Waals surface area contributed by atoms with E-state index in [0.29, 0.717) is 0 Å². The molecule has 0 spiro atoms. The van der Waals surface area contributed by atoms with Gasteiger partial charge in [0.2, 0.25) is 0 Å². The summed E-state index contributed by atoms with van der Waals surface area (Å²) in [7, 11) is -0.771. The van der Waals surface area contributed by atoms with Crippen LogP contribution in [0, 0.1) is 0 Å². The summed E-state index contributed by atoms with van der Waals surface area (Å²) in [6.07, 6.45) is 32.9. The van der Waals surface area contributed by atoms with E-state index in [4.69, 9.17) is 0 Å². The molecule has 1 unspecified atom stereocenters. The van der Waals surface area contributed by atoms with Gasteiger partial charge < -0.3 is 17.0 Å². The first kappa shape index (κ1) is 33.1. The maximum Gasteiger partial charge on any atom is 0.0697 e. The van der Waals surface area contributed by atoms with Gasteiger partial charge in [-0.1, -0.05) is 112 Å². The minimum Gasteiger partial charge on any atom is -1.00 e. The number of halogens is 1. The van der Waals surface area contributed by atoms with Gasteiger partial charge in [0.25, 0.3) is 0 Å². The second-order valence-corrected chi connectivity index (χ2v) is 14.4. The van der Waals surface area contributed by atoms with Gasteiger partial charge >= 0.3 is 0 Å². The Hall–Kier alpha value is 0.910. The molecule has 0 fully saturated rings. The SMILES string of the molecule is CCCCCCCCCC(CCCCCC)[P+](CCCC)(CCCC)CCCC.[Br-]. The van der Waals surface area contributed by atoms with Crippen molar-refractivity contribution in [2.75, 3.05) is 18.5 Å². The van der Waals surface area contributed by atoms with Crippen molar-refractivity contribution in [3.63, 3.8) is 0 Å². The summed E-state index contributed by atoms with van der Waals surface area (Å²) in [4.78, 5) is 0. The van der Waals surface area contributed by atoms with Crippen molar-refractivity contribution in [3.05, 3.63) is 0 Å². The predicted molar refractivity (Wildman–Crippen MR) is 141 cm³/mol. The Bertz CT molecular complexity index is 296. The van der Waals surface area contributed by atoms with E-state index in [1.165, 1.54) is 109 Å². The topological polar surface area (TPSA) is 0 Å². The molecular formula is C28H60BrP. The quantitative estimate of drug-likeness (QED) is 0.0974. The van der Waals surface area contributed by atoms with Crippen molar-refractivity contribution >= 4 is 7.26 Å². The average Bonchev–Trinajstić information content (AvgIpc) is 2.74. The van der Waals surface area contributed by atoms with E-state index in [-0.39, 0.29) is 17.0 Å². The zero-order chi connectivity index (χ0) is 21.6. The minimum absolute atomic E-state index is 0. The van der Waals surface area contributed by atoms with Crippen molar-refractivity contribution in [1.29, 1.82) is 0 Å². The Labute approximate surface area is 204 Å². The Kier molecular flexibility index (Phi) is 27.1. The van der Waals surface area contributed by atoms with Crippen LogP contribution in [-0.2, 0) is 0 Å². The fraction of sp³-hybridized carbons (Fsp3) is 1.00. The second kappa shape index (κ2) is 24.6. The average molecular weight is 508 g/mol. The van der Waals surface area contributed by atoms with E-state index in [9.17, 15) is 0 Å². The van der Waals surface area contributed by atoms with Gasteiger partial charge in [-0.05, 0) is 44.9 Å². The van der Waals surface area contributed by atoms with Crippen LogP contribution in [0.1, 0.15) is 157 Å². The Morgan fingerprint density at radius 2 is 0.700 bits per heavy atom. The first-order chi connectivity index (χ1) is 14.2. The van der Waals surface area contributed by atoms with Gasteiger partial charge in [-0.15, -0.1) is 0 Å². The lowest BCUT2D eigenvalue weighted by atomic mass is 10.0. The van der Waals surface area contributed by atoms with Gasteiger partial charge in [-0.3, -0.25) is 0 Å². The summed E-state index contributed by atoms with van der Waals surface area (Å²) in [5.74, 6) is 0. The number of rotatable bonds is 23. The molecule has 184 valence electrons. The molecule has 0 rings (SSSR count). The molecule has 0 amide bonds. The molecule has 0 aromatic rings. The second-order valence-electron chi connectivity index (χ2n) is 9.86. The highest BCUT2D eigenvalue weighted by atomic mass is 79.9. The minimum atomic E-state index is -0.771. The molecular weight excluding hydrogens is 447 g/mol. The summed E-state index contributed by atoms with van der Waals surface area (Å²) in [6.45, 7) is 11.9. The molecule has 0 saturated heterocycles. The normalized spacial score (nSPS) is 12.7. The molecule has 0 N–H and O–H groups in total. The van der Waals surface area contributed by atoms with E-state index < -0.39 is 7.26 Å². The van der Waals surface area contributed by atoms with Crippen molar-refractivity contribution < 1.29 is 17.0 Å². The van der Waals surface area contributed by atoms with E-state index in [2.05, 4.69) is 34.6 Å². The molecule has 2 heteroatoms. The van der Waals surface area contributed by atoms with Crippen molar-refractivity contribution in [2.24, 2.45) is 0 Å². The van der Waals surface area contributed by atoms with Gasteiger partial charge in [-0.2, -0.15) is 0 Å². The monoisotopic (exact) mass is 506 g/mol. The maximum atomic E-state index is 2.42. The van der Waals surface area contributed by atoms with Crippen LogP contribution in [0.15, 0.2) is 0 Å². The van der Waals surface area contributed by atoms with E-state index >= 15 is 0 Å². The van der Waals surface area contributed by atoms with Gasteiger partial charge in [0.15, 0.2) is 0 Å². The van der Waals surface area contributed by atoms with E-state index in [0.717, 1.165) is 5.66 Å². The zero-order valence-electron chi connectivity index (χ0n) is 22.0. The third kappa shape index (κ3) is 16.5. The molecule has 0 aromatic carbocycles. The molecule has 0 nitrogen and oxygen atoms in total. The Morgan fingerprint density at radius 1 is 0.400 bits per heavy atom. The first-order valence-corrected chi connectivity index (χ1v) is 16.5. The summed E-state index contributed by atoms with van der Waals surface area (Å²) < 4.78 is 0. The summed E-state index contributed by atoms with van der Waals surface area (Å²) in [5.41, 5.74) is 1.11. The summed E-state index contributed by atoms with van der Waals surface area (Å²) in [5, 5.41) is 0. The highest BCUT2D eigenvalue weighted by Crippen LogP contribution is 2.67. The van der Waals surface area contributed by atoms with Crippen molar-refractivity contribution in [3.8, 4) is 0 Å². The molecule has 0 radical (unpaired) electrons. The maximum absolute atomic E-state index is 2.42. The number of hydrogen-bond acceptors (Lipinski definition) is 0. The molecule has 0 bridgehead atoms. The highest BCUT2D eigenvalue weighted by Gasteiger charge is 2.42. The van der Waals surface area contributed by atoms with Crippen molar-refractivity contribution in [2.45, 2.75) is 162 Å². The lowest BCUT2D eigenvalue weighted by molar-refractivity contribution is -0.00000668. The molecule has 0 aromatic heterocycles. The van der Waals surface area contributed by atoms with Crippen LogP contribution < -0.4 is 17.0 Å². The van der Waals surface area contributed by atoms with E-state index in [1.807, 2.05) is 0 Å². The third-order valence-electron chi connectivity index (χ3n) is 7.18. The van der Waals surface area contributed by atoms with Gasteiger partial charge in [0, 0.05) is 7.26 Å². The Morgan fingerprint density at radius 3 is 1.07 bits per heavy atom. The lowest BCUT2D eigenvalue weighted by Gasteiger charge is -2.36. The number of unbranched alkanes of at least 4 members (excludes halogenated alkanes) is 12. The van der Waals surface area contributed by atoms with Gasteiger partial charge in [0.05, 0.1) is 24.1 Å². The zero-order valence-corrected chi connectivity index (χ0v) is 24.4. The third-order valence-corrected chi connectivity index (χ3v) is 12.9. The molecule has 0 saturated carbocycles. The summed E-state index contributed by atoms with van der Waals surface area (Å²) >= 11 is 0. The smallest absolute Gasteiger partial charge is 0.0697 e. The van der Waals surface area contributed by atoms with Gasteiger partial charge in [-0.25, -0.2) is 0 Å². The molecule has 0 aliphatic carbocycles. The standard InChI is InChI=1S/C28H60P.BrH/c1-6-11-16-18-19-20-22-24-28(23-21-17-12-7-2)29(25-13-8-3,26-14-9-4)27-15-10-5;/h28H,6-27H2,1-5H3;1H/q+1;/p-1. The van der Waals surface area contributed by atoms with E-state index in [1.54, 1.807) is 31.3 Å². The predicted octanol–water partition coefficient (Wildman–Crippen LogP) is 7.89. The molecule has 1 atom stereocenters. The molecule has 0 heterocycles. The molecule has 0 aliphatic heterocycles. The van der Waals surface area contributed by atoms with Crippen LogP contribution in [0.2, 0.25) is 0 Å². The lowest BCUT2D eigenvalue weighted by Crippen LogP contribution is -3.00. The fourth-order valence-electron chi connectivity index (χ4n) is 5.14. The van der Waals surface area contributed by atoms with Crippen LogP contribution in [0.5, 0.6) is 0 Å². The van der Waals surface area contributed by atoms with Crippen molar-refractivity contribution in [1.82, 2.24) is 0 Å². The van der Waals surface area contributed by atoms with Crippen LogP contribution in [0.25, 0.3) is 0 Å². The summed E-state index contributed by atoms with van der Waals surface area (Å²) in [6, 6.07) is 0. The largest absolute Gasteiger partial charge is 1.00 e. The van der Waals surface area contributed by atoms with Crippen LogP contribution in [-0.4, -0.2) is 24.1 Å². The van der Waals surface area contributed by atoms with Crippen LogP contribution >= 0.6 is 7.26 Å². The highest BCUT2D eigenvalue weighted by molar-refractivity contribution is 7.76. The number of hydrogen-bond donors (Lipinski definition) is 0. The van der Waals surface area contributed by atoms with Crippen LogP contribution in [0.3, 0.4) is 0 Å². The molecule has 0 aliphatic rings. The van der Waals surface area contributed by atoms with Gasteiger partial charge in [0.1, 0.15) is 0 Å². The molecule has 30 heavy (non-hydrogen) atoms. The Balaban J connectivity index is 0. The van der Waals surface area contributed by atoms with Crippen LogP contribution in [0.4, 0.5) is 0 Å². The first-order valence-electron chi connectivity index (χ1n) is 14.1. The fourth-order valence-corrected chi connectivity index (χ4v) is 11.2.